The van der Waals surface area contributed by atoms with E-state index in [1.165, 1.54) is 23.1 Å². The van der Waals surface area contributed by atoms with E-state index < -0.39 is 0 Å². The zero-order chi connectivity index (χ0) is 11.0. The molecule has 0 atom stereocenters. The summed E-state index contributed by atoms with van der Waals surface area (Å²) in [4.78, 5) is 9.29. The van der Waals surface area contributed by atoms with Crippen molar-refractivity contribution in [2.45, 2.75) is 9.37 Å². The third-order valence-electron chi connectivity index (χ3n) is 1.83. The largest absolute Gasteiger partial charge is 0.368 e. The van der Waals surface area contributed by atoms with Crippen molar-refractivity contribution in [3.05, 3.63) is 17.0 Å². The molecule has 0 aromatic carbocycles. The maximum Gasteiger partial charge on any atom is 0.222 e. The van der Waals surface area contributed by atoms with Gasteiger partial charge in [0.15, 0.2) is 4.34 Å². The maximum absolute atomic E-state index is 5.65. The lowest BCUT2D eigenvalue weighted by molar-refractivity contribution is 1.01. The first-order valence-electron chi connectivity index (χ1n) is 4.27. The number of hydrogen-bond donors (Lipinski definition) is 1. The summed E-state index contributed by atoms with van der Waals surface area (Å²) in [5.41, 5.74) is 7.34. The first-order valence-corrected chi connectivity index (χ1v) is 6.85. The van der Waals surface area contributed by atoms with E-state index in [4.69, 9.17) is 5.73 Å². The normalized spacial score (nSPS) is 11.0. The summed E-state index contributed by atoms with van der Waals surface area (Å²) in [5.74, 6) is 0.293. The van der Waals surface area contributed by atoms with Crippen molar-refractivity contribution >= 4 is 50.6 Å². The van der Waals surface area contributed by atoms with E-state index in [0.717, 1.165) is 19.6 Å². The van der Waals surface area contributed by atoms with Gasteiger partial charge in [-0.25, -0.2) is 9.97 Å². The van der Waals surface area contributed by atoms with E-state index in [-0.39, 0.29) is 0 Å². The van der Waals surface area contributed by atoms with Crippen molar-refractivity contribution in [2.24, 2.45) is 0 Å². The van der Waals surface area contributed by atoms with E-state index in [2.05, 4.69) is 20.2 Å². The summed E-state index contributed by atoms with van der Waals surface area (Å²) >= 11 is 4.49. The van der Waals surface area contributed by atoms with Gasteiger partial charge < -0.3 is 5.73 Å². The number of anilines is 1. The molecule has 0 aliphatic rings. The Kier molecular flexibility index (Phi) is 2.46. The van der Waals surface area contributed by atoms with Gasteiger partial charge in [-0.05, 0) is 23.2 Å². The first kappa shape index (κ1) is 9.94. The van der Waals surface area contributed by atoms with E-state index in [1.807, 2.05) is 11.4 Å². The highest BCUT2D eigenvalue weighted by Gasteiger charge is 2.10. The van der Waals surface area contributed by atoms with Crippen LogP contribution in [0, 0.1) is 0 Å². The SMILES string of the molecule is Nc1nc(Sc2nncs2)c2ccsc2n1. The number of nitrogens with zero attached hydrogens (tertiary/aromatic N) is 4. The van der Waals surface area contributed by atoms with Crippen LogP contribution in [0.1, 0.15) is 0 Å². The minimum absolute atomic E-state index is 0.293. The van der Waals surface area contributed by atoms with Crippen LogP contribution in [0.15, 0.2) is 26.3 Å². The molecule has 2 N–H and O–H groups in total. The van der Waals surface area contributed by atoms with Gasteiger partial charge in [0.05, 0.1) is 0 Å². The molecule has 0 saturated carbocycles. The van der Waals surface area contributed by atoms with Gasteiger partial charge in [0, 0.05) is 5.39 Å². The van der Waals surface area contributed by atoms with Crippen LogP contribution in [0.5, 0.6) is 0 Å². The lowest BCUT2D eigenvalue weighted by Gasteiger charge is -1.99. The molecule has 3 heterocycles. The summed E-state index contributed by atoms with van der Waals surface area (Å²) in [6.07, 6.45) is 0. The highest BCUT2D eigenvalue weighted by molar-refractivity contribution is 8.01. The number of hydrogen-bond acceptors (Lipinski definition) is 8. The average molecular weight is 267 g/mol. The van der Waals surface area contributed by atoms with Crippen molar-refractivity contribution < 1.29 is 0 Å². The topological polar surface area (TPSA) is 77.6 Å². The molecule has 0 amide bonds. The van der Waals surface area contributed by atoms with Crippen molar-refractivity contribution in [3.8, 4) is 0 Å². The zero-order valence-electron chi connectivity index (χ0n) is 7.82. The molecule has 3 aromatic rings. The monoisotopic (exact) mass is 267 g/mol. The highest BCUT2D eigenvalue weighted by atomic mass is 32.2. The van der Waals surface area contributed by atoms with Crippen LogP contribution in [0.2, 0.25) is 0 Å². The highest BCUT2D eigenvalue weighted by Crippen LogP contribution is 2.34. The molecule has 0 aliphatic heterocycles. The van der Waals surface area contributed by atoms with Crippen LogP contribution in [0.25, 0.3) is 10.2 Å². The minimum atomic E-state index is 0.293. The quantitative estimate of drug-likeness (QED) is 0.718. The maximum atomic E-state index is 5.65. The molecular formula is C8H5N5S3. The van der Waals surface area contributed by atoms with Crippen LogP contribution in [-0.2, 0) is 0 Å². The summed E-state index contributed by atoms with van der Waals surface area (Å²) < 4.78 is 0.852. The Hall–Kier alpha value is -1.25. The van der Waals surface area contributed by atoms with Gasteiger partial charge in [-0.1, -0.05) is 11.3 Å². The second-order valence-corrected chi connectivity index (χ2v) is 5.80. The second-order valence-electron chi connectivity index (χ2n) is 2.83. The van der Waals surface area contributed by atoms with E-state index in [1.54, 1.807) is 16.8 Å². The summed E-state index contributed by atoms with van der Waals surface area (Å²) in [6, 6.07) is 1.99. The van der Waals surface area contributed by atoms with Gasteiger partial charge in [0.25, 0.3) is 0 Å². The van der Waals surface area contributed by atoms with Crippen molar-refractivity contribution in [2.75, 3.05) is 5.73 Å². The van der Waals surface area contributed by atoms with Gasteiger partial charge in [0.1, 0.15) is 15.4 Å². The molecule has 0 unspecified atom stereocenters. The number of nitrogen functional groups attached to an aromatic ring is 1. The second kappa shape index (κ2) is 3.96. The molecule has 0 radical (unpaired) electrons. The van der Waals surface area contributed by atoms with Crippen LogP contribution in [0.3, 0.4) is 0 Å². The molecule has 0 spiro atoms. The van der Waals surface area contributed by atoms with Crippen LogP contribution in [0.4, 0.5) is 5.95 Å². The third kappa shape index (κ3) is 1.75. The van der Waals surface area contributed by atoms with Crippen molar-refractivity contribution in [3.63, 3.8) is 0 Å². The molecule has 16 heavy (non-hydrogen) atoms. The molecule has 3 aromatic heterocycles. The fourth-order valence-corrected chi connectivity index (χ4v) is 3.55. The summed E-state index contributed by atoms with van der Waals surface area (Å²) in [5, 5.41) is 11.6. The fraction of sp³-hybridized carbons (Fsp3) is 0. The van der Waals surface area contributed by atoms with Gasteiger partial charge in [0.2, 0.25) is 5.95 Å². The molecule has 0 aliphatic carbocycles. The number of rotatable bonds is 2. The Balaban J connectivity index is 2.11. The van der Waals surface area contributed by atoms with Crippen LogP contribution in [-0.4, -0.2) is 20.2 Å². The Morgan fingerprint density at radius 2 is 2.19 bits per heavy atom. The van der Waals surface area contributed by atoms with Gasteiger partial charge in [-0.2, -0.15) is 0 Å². The van der Waals surface area contributed by atoms with E-state index >= 15 is 0 Å². The van der Waals surface area contributed by atoms with Gasteiger partial charge >= 0.3 is 0 Å². The predicted octanol–water partition coefficient (Wildman–Crippen LogP) is 2.28. The predicted molar refractivity (Wildman–Crippen MR) is 65.9 cm³/mol. The third-order valence-corrected chi connectivity index (χ3v) is 4.42. The van der Waals surface area contributed by atoms with E-state index in [0.29, 0.717) is 5.95 Å². The molecule has 0 bridgehead atoms. The molecular weight excluding hydrogens is 262 g/mol. The smallest absolute Gasteiger partial charge is 0.222 e. The number of nitrogens with two attached hydrogens (primary N) is 1. The zero-order valence-corrected chi connectivity index (χ0v) is 10.3. The first-order chi connectivity index (χ1) is 7.83. The van der Waals surface area contributed by atoms with E-state index in [9.17, 15) is 0 Å². The molecule has 80 valence electrons. The minimum Gasteiger partial charge on any atom is -0.368 e. The van der Waals surface area contributed by atoms with Gasteiger partial charge in [-0.3, -0.25) is 0 Å². The van der Waals surface area contributed by atoms with Crippen LogP contribution >= 0.6 is 34.4 Å². The Morgan fingerprint density at radius 1 is 1.25 bits per heavy atom. The number of thiophene rings is 1. The number of aromatic nitrogens is 4. The lowest BCUT2D eigenvalue weighted by atomic mass is 10.4. The van der Waals surface area contributed by atoms with Crippen molar-refractivity contribution in [1.29, 1.82) is 0 Å². The lowest BCUT2D eigenvalue weighted by Crippen LogP contribution is -1.95. The van der Waals surface area contributed by atoms with Crippen molar-refractivity contribution in [1.82, 2.24) is 20.2 Å². The Morgan fingerprint density at radius 3 is 3.00 bits per heavy atom. The van der Waals surface area contributed by atoms with Gasteiger partial charge in [-0.15, -0.1) is 21.5 Å². The average Bonchev–Trinajstić information content (AvgIpc) is 2.87. The molecule has 5 nitrogen and oxygen atoms in total. The summed E-state index contributed by atoms with van der Waals surface area (Å²) in [6.45, 7) is 0. The number of fused-ring (bicyclic) bond motifs is 1. The molecule has 8 heteroatoms. The molecule has 0 saturated heterocycles. The standard InChI is InChI=1S/C8H5N5S3/c9-7-11-5-4(1-2-14-5)6(12-7)16-8-13-10-3-15-8/h1-3H,(H2,9,11,12). The summed E-state index contributed by atoms with van der Waals surface area (Å²) in [7, 11) is 0. The Bertz CT molecular complexity index is 618. The molecule has 3 rings (SSSR count). The fourth-order valence-electron chi connectivity index (χ4n) is 1.21. The Labute approximate surface area is 103 Å². The molecule has 0 fully saturated rings. The van der Waals surface area contributed by atoms with Crippen LogP contribution < -0.4 is 5.73 Å².